The van der Waals surface area contributed by atoms with E-state index < -0.39 is 5.54 Å². The van der Waals surface area contributed by atoms with Crippen molar-refractivity contribution in [2.24, 2.45) is 5.73 Å². The largest absolute Gasteiger partial charge is 0.339 e. The number of fused-ring (bicyclic) bond motifs is 2. The van der Waals surface area contributed by atoms with Crippen molar-refractivity contribution in [2.45, 2.75) is 25.3 Å². The van der Waals surface area contributed by atoms with Crippen molar-refractivity contribution in [1.29, 1.82) is 0 Å². The van der Waals surface area contributed by atoms with Crippen molar-refractivity contribution < 1.29 is 9.18 Å². The molecule has 1 unspecified atom stereocenters. The summed E-state index contributed by atoms with van der Waals surface area (Å²) in [5.74, 6) is -0.546. The summed E-state index contributed by atoms with van der Waals surface area (Å²) in [5, 5.41) is 7.84. The number of nitrogens with zero attached hydrogens (tertiary/aromatic N) is 3. The molecule has 4 aromatic rings. The number of hydrogen-bond acceptors (Lipinski definition) is 5. The topological polar surface area (TPSA) is 85.3 Å². The standard InChI is InChI=1S/C22H20FN5OS/c1-13-19(16-11-25-28-9-3-2-4-18(16)28)26-21(30-13)20(29)27-22(12-24)8-7-14-10-15(23)5-6-17(14)22/h2-6,9-11H,7-8,12,24H2,1H3,(H,27,29). The molecule has 0 radical (unpaired) electrons. The summed E-state index contributed by atoms with van der Waals surface area (Å²) < 4.78 is 15.4. The van der Waals surface area contributed by atoms with Gasteiger partial charge in [0, 0.05) is 23.2 Å². The molecule has 0 aliphatic heterocycles. The van der Waals surface area contributed by atoms with Crippen molar-refractivity contribution >= 4 is 22.8 Å². The third-order valence-electron chi connectivity index (χ3n) is 5.78. The zero-order valence-electron chi connectivity index (χ0n) is 16.4. The molecule has 1 aliphatic rings. The summed E-state index contributed by atoms with van der Waals surface area (Å²) in [4.78, 5) is 18.7. The Bertz CT molecular complexity index is 1280. The fourth-order valence-electron chi connectivity index (χ4n) is 4.24. The van der Waals surface area contributed by atoms with Gasteiger partial charge >= 0.3 is 0 Å². The number of aromatic nitrogens is 3. The normalized spacial score (nSPS) is 18.0. The number of aryl methyl sites for hydroxylation is 2. The van der Waals surface area contributed by atoms with Gasteiger partial charge in [0.2, 0.25) is 0 Å². The Hall–Kier alpha value is -3.10. The van der Waals surface area contributed by atoms with E-state index in [2.05, 4.69) is 15.4 Å². The first-order chi connectivity index (χ1) is 14.5. The van der Waals surface area contributed by atoms with Crippen LogP contribution in [0.3, 0.4) is 0 Å². The predicted molar refractivity (Wildman–Crippen MR) is 114 cm³/mol. The Kier molecular flexibility index (Phi) is 4.41. The van der Waals surface area contributed by atoms with E-state index in [1.807, 2.05) is 31.3 Å². The van der Waals surface area contributed by atoms with Gasteiger partial charge in [-0.05, 0) is 55.2 Å². The third kappa shape index (κ3) is 2.91. The van der Waals surface area contributed by atoms with Crippen molar-refractivity contribution in [1.82, 2.24) is 19.9 Å². The van der Waals surface area contributed by atoms with Crippen LogP contribution < -0.4 is 11.1 Å². The minimum absolute atomic E-state index is 0.239. The van der Waals surface area contributed by atoms with E-state index in [9.17, 15) is 9.18 Å². The highest BCUT2D eigenvalue weighted by atomic mass is 32.1. The molecule has 3 N–H and O–H groups in total. The minimum atomic E-state index is -0.704. The van der Waals surface area contributed by atoms with Crippen molar-refractivity contribution in [2.75, 3.05) is 6.54 Å². The van der Waals surface area contributed by atoms with Crippen LogP contribution in [0.25, 0.3) is 16.8 Å². The van der Waals surface area contributed by atoms with Crippen molar-refractivity contribution in [3.63, 3.8) is 0 Å². The quantitative estimate of drug-likeness (QED) is 0.529. The summed E-state index contributed by atoms with van der Waals surface area (Å²) >= 11 is 1.34. The second-order valence-electron chi connectivity index (χ2n) is 7.55. The molecule has 3 heterocycles. The fraction of sp³-hybridized carbons (Fsp3) is 0.227. The smallest absolute Gasteiger partial charge is 0.281 e. The highest BCUT2D eigenvalue weighted by Gasteiger charge is 2.39. The molecule has 152 valence electrons. The van der Waals surface area contributed by atoms with Gasteiger partial charge in [-0.2, -0.15) is 5.10 Å². The maximum absolute atomic E-state index is 13.6. The lowest BCUT2D eigenvalue weighted by molar-refractivity contribution is 0.0899. The summed E-state index contributed by atoms with van der Waals surface area (Å²) in [6, 6.07) is 10.5. The van der Waals surface area contributed by atoms with Crippen LogP contribution >= 0.6 is 11.3 Å². The van der Waals surface area contributed by atoms with Gasteiger partial charge in [0.25, 0.3) is 5.91 Å². The first kappa shape index (κ1) is 18.9. The van der Waals surface area contributed by atoms with Crippen LogP contribution in [0.1, 0.15) is 32.2 Å². The van der Waals surface area contributed by atoms with Crippen LogP contribution in [0.15, 0.2) is 48.8 Å². The van der Waals surface area contributed by atoms with Crippen LogP contribution in [0, 0.1) is 12.7 Å². The van der Waals surface area contributed by atoms with Crippen LogP contribution in [0.4, 0.5) is 4.39 Å². The molecule has 0 saturated heterocycles. The molecule has 3 aromatic heterocycles. The number of carbonyl (C=O) groups excluding carboxylic acids is 1. The van der Waals surface area contributed by atoms with Gasteiger partial charge in [0.15, 0.2) is 5.01 Å². The second-order valence-corrected chi connectivity index (χ2v) is 8.76. The van der Waals surface area contributed by atoms with E-state index in [1.165, 1.54) is 23.5 Å². The average molecular weight is 422 g/mol. The molecule has 0 bridgehead atoms. The molecule has 0 spiro atoms. The summed E-state index contributed by atoms with van der Waals surface area (Å²) in [7, 11) is 0. The molecular weight excluding hydrogens is 401 g/mol. The Labute approximate surface area is 176 Å². The number of halogens is 1. The Morgan fingerprint density at radius 1 is 1.37 bits per heavy atom. The number of benzene rings is 1. The van der Waals surface area contributed by atoms with Gasteiger partial charge in [0.05, 0.1) is 22.9 Å². The molecule has 1 amide bonds. The molecule has 30 heavy (non-hydrogen) atoms. The van der Waals surface area contributed by atoms with Crippen LogP contribution in [0.2, 0.25) is 0 Å². The predicted octanol–water partition coefficient (Wildman–Crippen LogP) is 3.44. The zero-order chi connectivity index (χ0) is 20.9. The Morgan fingerprint density at radius 2 is 2.23 bits per heavy atom. The second kappa shape index (κ2) is 7.00. The van der Waals surface area contributed by atoms with E-state index in [-0.39, 0.29) is 18.3 Å². The van der Waals surface area contributed by atoms with Gasteiger partial charge < -0.3 is 11.1 Å². The van der Waals surface area contributed by atoms with E-state index in [1.54, 1.807) is 16.8 Å². The number of pyridine rings is 1. The summed E-state index contributed by atoms with van der Waals surface area (Å²) in [6.07, 6.45) is 4.95. The number of nitrogens with one attached hydrogen (secondary N) is 1. The van der Waals surface area contributed by atoms with E-state index >= 15 is 0 Å². The van der Waals surface area contributed by atoms with Crippen LogP contribution in [0.5, 0.6) is 0 Å². The number of nitrogens with two attached hydrogens (primary N) is 1. The molecule has 1 aromatic carbocycles. The maximum atomic E-state index is 13.6. The van der Waals surface area contributed by atoms with Crippen LogP contribution in [-0.4, -0.2) is 27.0 Å². The fourth-order valence-corrected chi connectivity index (χ4v) is 5.07. The molecule has 1 aliphatic carbocycles. The number of thiazole rings is 1. The number of rotatable bonds is 4. The van der Waals surface area contributed by atoms with E-state index in [0.717, 1.165) is 32.8 Å². The molecule has 0 saturated carbocycles. The van der Waals surface area contributed by atoms with Crippen LogP contribution in [-0.2, 0) is 12.0 Å². The Balaban J connectivity index is 1.48. The van der Waals surface area contributed by atoms with Gasteiger partial charge in [-0.25, -0.2) is 13.9 Å². The molecular formula is C22H20FN5OS. The Morgan fingerprint density at radius 3 is 3.07 bits per heavy atom. The lowest BCUT2D eigenvalue weighted by Crippen LogP contribution is -2.49. The van der Waals surface area contributed by atoms with E-state index in [4.69, 9.17) is 5.73 Å². The number of hydrogen-bond donors (Lipinski definition) is 2. The van der Waals surface area contributed by atoms with Crippen molar-refractivity contribution in [3.05, 3.63) is 75.6 Å². The van der Waals surface area contributed by atoms with Gasteiger partial charge in [-0.15, -0.1) is 11.3 Å². The number of amides is 1. The average Bonchev–Trinajstić information content (AvgIpc) is 3.43. The lowest BCUT2D eigenvalue weighted by Gasteiger charge is -2.30. The molecule has 5 rings (SSSR count). The van der Waals surface area contributed by atoms with Gasteiger partial charge in [0.1, 0.15) is 5.82 Å². The third-order valence-corrected chi connectivity index (χ3v) is 6.75. The first-order valence-corrected chi connectivity index (χ1v) is 10.5. The number of carbonyl (C=O) groups is 1. The first-order valence-electron chi connectivity index (χ1n) is 9.72. The summed E-state index contributed by atoms with van der Waals surface area (Å²) in [5.41, 5.74) is 9.73. The molecule has 6 nitrogen and oxygen atoms in total. The monoisotopic (exact) mass is 421 g/mol. The zero-order valence-corrected chi connectivity index (χ0v) is 17.2. The SMILES string of the molecule is Cc1sc(C(=O)NC2(CN)CCc3cc(F)ccc32)nc1-c1cnn2ccccc12. The van der Waals surface area contributed by atoms with E-state index in [0.29, 0.717) is 17.8 Å². The van der Waals surface area contributed by atoms with Gasteiger partial charge in [-0.3, -0.25) is 4.79 Å². The minimum Gasteiger partial charge on any atom is -0.339 e. The molecule has 0 fully saturated rings. The lowest BCUT2D eigenvalue weighted by atomic mass is 9.91. The molecule has 1 atom stereocenters. The summed E-state index contributed by atoms with van der Waals surface area (Å²) in [6.45, 7) is 2.19. The highest BCUT2D eigenvalue weighted by molar-refractivity contribution is 7.14. The van der Waals surface area contributed by atoms with Crippen molar-refractivity contribution in [3.8, 4) is 11.3 Å². The molecule has 8 heteroatoms. The highest BCUT2D eigenvalue weighted by Crippen LogP contribution is 2.37. The maximum Gasteiger partial charge on any atom is 0.281 e. The van der Waals surface area contributed by atoms with Gasteiger partial charge in [-0.1, -0.05) is 12.1 Å².